The number of benzene rings is 1. The maximum absolute atomic E-state index is 13.5. The number of hydrogen-bond donors (Lipinski definition) is 0. The summed E-state index contributed by atoms with van der Waals surface area (Å²) in [6, 6.07) is 7.79. The Morgan fingerprint density at radius 2 is 1.91 bits per heavy atom. The molecule has 168 valence electrons. The summed E-state index contributed by atoms with van der Waals surface area (Å²) in [4.78, 5) is 27.5. The molecular formula is C22H24FN5O3S. The van der Waals surface area contributed by atoms with Crippen LogP contribution in [0.25, 0.3) is 17.2 Å². The van der Waals surface area contributed by atoms with Crippen molar-refractivity contribution in [2.45, 2.75) is 24.9 Å². The van der Waals surface area contributed by atoms with Gasteiger partial charge in [-0.15, -0.1) is 0 Å². The fourth-order valence-corrected chi connectivity index (χ4v) is 4.14. The number of esters is 1. The first-order valence-electron chi connectivity index (χ1n) is 10.4. The van der Waals surface area contributed by atoms with Crippen LogP contribution < -0.4 is 4.90 Å². The molecule has 3 heterocycles. The Kier molecular flexibility index (Phi) is 6.71. The summed E-state index contributed by atoms with van der Waals surface area (Å²) in [5.41, 5.74) is 0.719. The lowest BCUT2D eigenvalue weighted by atomic mass is 9.97. The third kappa shape index (κ3) is 4.76. The zero-order valence-electron chi connectivity index (χ0n) is 17.9. The second-order valence-electron chi connectivity index (χ2n) is 7.46. The van der Waals surface area contributed by atoms with Crippen LogP contribution >= 0.6 is 0 Å². The third-order valence-corrected chi connectivity index (χ3v) is 6.07. The van der Waals surface area contributed by atoms with Gasteiger partial charge in [-0.1, -0.05) is 0 Å². The molecule has 1 aliphatic rings. The van der Waals surface area contributed by atoms with E-state index in [1.165, 1.54) is 18.4 Å². The first kappa shape index (κ1) is 22.2. The van der Waals surface area contributed by atoms with Crippen LogP contribution in [-0.2, 0) is 20.7 Å². The first-order valence-corrected chi connectivity index (χ1v) is 12.0. The van der Waals surface area contributed by atoms with Crippen LogP contribution in [0.5, 0.6) is 0 Å². The molecule has 0 spiro atoms. The zero-order chi connectivity index (χ0) is 22.7. The highest BCUT2D eigenvalue weighted by Crippen LogP contribution is 2.29. The topological polar surface area (TPSA) is 96.2 Å². The lowest BCUT2D eigenvalue weighted by Gasteiger charge is -2.30. The molecular weight excluding hydrogens is 433 g/mol. The molecule has 1 aromatic carbocycles. The number of ether oxygens (including phenoxy) is 1. The van der Waals surface area contributed by atoms with Gasteiger partial charge < -0.3 is 14.2 Å². The van der Waals surface area contributed by atoms with E-state index in [0.717, 1.165) is 11.4 Å². The van der Waals surface area contributed by atoms with E-state index in [0.29, 0.717) is 44.2 Å². The molecule has 4 rings (SSSR count). The first-order chi connectivity index (χ1) is 15.5. The van der Waals surface area contributed by atoms with Crippen molar-refractivity contribution < 1.29 is 18.5 Å². The minimum absolute atomic E-state index is 0.103. The third-order valence-electron chi connectivity index (χ3n) is 5.36. The second-order valence-corrected chi connectivity index (χ2v) is 8.74. The number of carbonyl (C=O) groups is 1. The van der Waals surface area contributed by atoms with Crippen LogP contribution in [0, 0.1) is 11.7 Å². The highest BCUT2D eigenvalue weighted by molar-refractivity contribution is 7.90. The standard InChI is InChI=1S/C22H24FN5O3S/c1-3-31-21(29)16-9-12-27(13-10-16)19-14-28(18-8-11-24-22(26-18)32(2)30)20(25-19)15-4-6-17(23)7-5-15/h4-8,11,14,16H,3,9-10,12-13H2,1-2H3. The molecule has 0 aliphatic carbocycles. The fourth-order valence-electron chi connectivity index (χ4n) is 3.71. The quantitative estimate of drug-likeness (QED) is 0.319. The van der Waals surface area contributed by atoms with Gasteiger partial charge in [0.1, 0.15) is 29.5 Å². The van der Waals surface area contributed by atoms with Gasteiger partial charge in [0.25, 0.3) is 0 Å². The molecule has 0 amide bonds. The van der Waals surface area contributed by atoms with Gasteiger partial charge in [-0.2, -0.15) is 9.97 Å². The van der Waals surface area contributed by atoms with Gasteiger partial charge >= 0.3 is 11.1 Å². The van der Waals surface area contributed by atoms with Crippen molar-refractivity contribution in [1.29, 1.82) is 0 Å². The molecule has 0 radical (unpaired) electrons. The summed E-state index contributed by atoms with van der Waals surface area (Å²) in [6.45, 7) is 3.52. The number of nitrogens with zero attached hydrogens (tertiary/aromatic N) is 5. The number of piperidine rings is 1. The maximum atomic E-state index is 13.5. The molecule has 8 nitrogen and oxygen atoms in total. The van der Waals surface area contributed by atoms with E-state index in [2.05, 4.69) is 14.9 Å². The SMILES string of the molecule is CCOC(=O)C1CCN(c2cn(-c3ccnc([S+](C)[O-])n3)c(-c3ccc(F)cc3)n2)CC1. The number of carbonyl (C=O) groups excluding carboxylic acids is 1. The summed E-state index contributed by atoms with van der Waals surface area (Å²) in [7, 11) is 0. The Labute approximate surface area is 188 Å². The van der Waals surface area contributed by atoms with Gasteiger partial charge in [0.05, 0.1) is 18.7 Å². The molecule has 1 aliphatic heterocycles. The van der Waals surface area contributed by atoms with Crippen LogP contribution in [0.4, 0.5) is 10.2 Å². The Morgan fingerprint density at radius 3 is 2.56 bits per heavy atom. The Balaban J connectivity index is 1.67. The zero-order valence-corrected chi connectivity index (χ0v) is 18.7. The van der Waals surface area contributed by atoms with E-state index in [-0.39, 0.29) is 22.9 Å². The highest BCUT2D eigenvalue weighted by Gasteiger charge is 2.28. The normalized spacial score (nSPS) is 15.6. The van der Waals surface area contributed by atoms with Crippen LogP contribution in [0.15, 0.2) is 47.9 Å². The second kappa shape index (κ2) is 9.66. The van der Waals surface area contributed by atoms with Crippen LogP contribution in [0.2, 0.25) is 0 Å². The molecule has 0 saturated carbocycles. The predicted octanol–water partition coefficient (Wildman–Crippen LogP) is 2.99. The molecule has 32 heavy (non-hydrogen) atoms. The van der Waals surface area contributed by atoms with Crippen molar-refractivity contribution in [2.75, 3.05) is 30.9 Å². The summed E-state index contributed by atoms with van der Waals surface area (Å²) in [6.07, 6.45) is 6.30. The fraction of sp³-hybridized carbons (Fsp3) is 0.364. The highest BCUT2D eigenvalue weighted by atomic mass is 32.2. The lowest BCUT2D eigenvalue weighted by Crippen LogP contribution is -2.37. The predicted molar refractivity (Wildman–Crippen MR) is 118 cm³/mol. The maximum Gasteiger partial charge on any atom is 0.344 e. The molecule has 10 heteroatoms. The monoisotopic (exact) mass is 457 g/mol. The average Bonchev–Trinajstić information content (AvgIpc) is 3.25. The average molecular weight is 458 g/mol. The summed E-state index contributed by atoms with van der Waals surface area (Å²) < 4.78 is 32.3. The van der Waals surface area contributed by atoms with E-state index in [9.17, 15) is 13.7 Å². The van der Waals surface area contributed by atoms with Gasteiger partial charge in [0, 0.05) is 42.1 Å². The molecule has 1 fully saturated rings. The van der Waals surface area contributed by atoms with Gasteiger partial charge in [0.15, 0.2) is 0 Å². The van der Waals surface area contributed by atoms with Crippen LogP contribution in [0.1, 0.15) is 19.8 Å². The number of rotatable bonds is 6. The van der Waals surface area contributed by atoms with Crippen LogP contribution in [-0.4, -0.2) is 56.0 Å². The Bertz CT molecular complexity index is 1080. The van der Waals surface area contributed by atoms with Gasteiger partial charge in [0.2, 0.25) is 0 Å². The van der Waals surface area contributed by atoms with E-state index < -0.39 is 11.2 Å². The smallest absolute Gasteiger partial charge is 0.344 e. The molecule has 0 bridgehead atoms. The molecule has 1 saturated heterocycles. The Morgan fingerprint density at radius 1 is 1.19 bits per heavy atom. The minimum Gasteiger partial charge on any atom is -0.609 e. The molecule has 0 N–H and O–H groups in total. The summed E-state index contributed by atoms with van der Waals surface area (Å²) in [5, 5.41) is 0.220. The van der Waals surface area contributed by atoms with E-state index in [1.807, 2.05) is 13.1 Å². The number of anilines is 1. The van der Waals surface area contributed by atoms with Crippen molar-refractivity contribution >= 4 is 23.0 Å². The van der Waals surface area contributed by atoms with E-state index in [4.69, 9.17) is 9.72 Å². The van der Waals surface area contributed by atoms with Gasteiger partial charge in [-0.05, 0) is 44.0 Å². The van der Waals surface area contributed by atoms with Crippen molar-refractivity contribution in [2.24, 2.45) is 5.92 Å². The number of aromatic nitrogens is 4. The largest absolute Gasteiger partial charge is 0.609 e. The van der Waals surface area contributed by atoms with Gasteiger partial charge in [-0.25, -0.2) is 9.37 Å². The number of imidazole rings is 1. The van der Waals surface area contributed by atoms with Crippen molar-refractivity contribution in [3.63, 3.8) is 0 Å². The van der Waals surface area contributed by atoms with Gasteiger partial charge in [-0.3, -0.25) is 9.36 Å². The molecule has 1 atom stereocenters. The van der Waals surface area contributed by atoms with Crippen molar-refractivity contribution in [3.8, 4) is 17.2 Å². The minimum atomic E-state index is -1.33. The molecule has 1 unspecified atom stereocenters. The van der Waals surface area contributed by atoms with Crippen molar-refractivity contribution in [1.82, 2.24) is 19.5 Å². The number of halogens is 1. The van der Waals surface area contributed by atoms with Crippen molar-refractivity contribution in [3.05, 3.63) is 48.5 Å². The Hall–Kier alpha value is -2.98. The number of hydrogen-bond acceptors (Lipinski definition) is 7. The van der Waals surface area contributed by atoms with E-state index in [1.54, 1.807) is 29.0 Å². The lowest BCUT2D eigenvalue weighted by molar-refractivity contribution is -0.148. The van der Waals surface area contributed by atoms with Crippen LogP contribution in [0.3, 0.4) is 0 Å². The van der Waals surface area contributed by atoms with E-state index >= 15 is 0 Å². The molecule has 2 aromatic heterocycles. The molecule has 3 aromatic rings. The summed E-state index contributed by atoms with van der Waals surface area (Å²) in [5.74, 6) is 1.24. The summed E-state index contributed by atoms with van der Waals surface area (Å²) >= 11 is -1.33.